The molecule has 1 fully saturated rings. The fraction of sp³-hybridized carbons (Fsp3) is 1.00. The minimum absolute atomic E-state index is 0.993. The molecule has 0 bridgehead atoms. The predicted octanol–water partition coefficient (Wildman–Crippen LogP) is 1.41. The number of rotatable bonds is 1. The maximum atomic E-state index is 4.28. The SMILES string of the molecule is CCC1CC[N]CC1. The van der Waals surface area contributed by atoms with Crippen LogP contribution in [0.5, 0.6) is 0 Å². The third-order valence-corrected chi connectivity index (χ3v) is 1.97. The summed E-state index contributed by atoms with van der Waals surface area (Å²) in [6, 6.07) is 0. The summed E-state index contributed by atoms with van der Waals surface area (Å²) in [5.74, 6) is 0.993. The van der Waals surface area contributed by atoms with Gasteiger partial charge in [0.2, 0.25) is 0 Å². The first kappa shape index (κ1) is 6.09. The van der Waals surface area contributed by atoms with Crippen LogP contribution in [0.2, 0.25) is 0 Å². The Balaban J connectivity index is 2.13. The summed E-state index contributed by atoms with van der Waals surface area (Å²) < 4.78 is 0. The molecular weight excluding hydrogens is 98.1 g/mol. The molecule has 1 radical (unpaired) electrons. The number of hydrogen-bond donors (Lipinski definition) is 0. The molecule has 1 nitrogen and oxygen atoms in total. The minimum Gasteiger partial charge on any atom is -0.242 e. The molecule has 0 saturated carbocycles. The van der Waals surface area contributed by atoms with Crippen molar-refractivity contribution in [3.8, 4) is 0 Å². The van der Waals surface area contributed by atoms with Gasteiger partial charge in [0.05, 0.1) is 0 Å². The van der Waals surface area contributed by atoms with Crippen molar-refractivity contribution in [2.75, 3.05) is 13.1 Å². The molecule has 0 amide bonds. The van der Waals surface area contributed by atoms with Gasteiger partial charge in [-0.05, 0) is 18.8 Å². The summed E-state index contributed by atoms with van der Waals surface area (Å²) in [4.78, 5) is 0. The topological polar surface area (TPSA) is 14.1 Å². The van der Waals surface area contributed by atoms with E-state index in [1.54, 1.807) is 0 Å². The molecule has 0 aliphatic carbocycles. The van der Waals surface area contributed by atoms with E-state index in [1.807, 2.05) is 0 Å². The first-order valence-corrected chi connectivity index (χ1v) is 3.56. The van der Waals surface area contributed by atoms with Crippen LogP contribution >= 0.6 is 0 Å². The predicted molar refractivity (Wildman–Crippen MR) is 34.9 cm³/mol. The molecule has 1 rings (SSSR count). The zero-order valence-electron chi connectivity index (χ0n) is 5.56. The molecule has 0 unspecified atom stereocenters. The highest BCUT2D eigenvalue weighted by Gasteiger charge is 2.09. The summed E-state index contributed by atoms with van der Waals surface area (Å²) in [5, 5.41) is 4.28. The average Bonchev–Trinajstić information content (AvgIpc) is 1.90. The first-order valence-electron chi connectivity index (χ1n) is 3.56. The zero-order valence-corrected chi connectivity index (χ0v) is 5.56. The van der Waals surface area contributed by atoms with E-state index in [0.29, 0.717) is 0 Å². The summed E-state index contributed by atoms with van der Waals surface area (Å²) in [6.07, 6.45) is 4.04. The van der Waals surface area contributed by atoms with E-state index in [1.165, 1.54) is 19.3 Å². The van der Waals surface area contributed by atoms with Crippen LogP contribution in [-0.4, -0.2) is 13.1 Å². The van der Waals surface area contributed by atoms with Crippen molar-refractivity contribution < 1.29 is 0 Å². The highest BCUT2D eigenvalue weighted by Crippen LogP contribution is 2.14. The van der Waals surface area contributed by atoms with E-state index in [4.69, 9.17) is 0 Å². The normalized spacial score (nSPS) is 23.6. The molecule has 1 heteroatoms. The molecular formula is C7H14N. The summed E-state index contributed by atoms with van der Waals surface area (Å²) in [5.41, 5.74) is 0. The van der Waals surface area contributed by atoms with Gasteiger partial charge in [0, 0.05) is 13.1 Å². The second kappa shape index (κ2) is 3.08. The van der Waals surface area contributed by atoms with Gasteiger partial charge >= 0.3 is 0 Å². The molecule has 1 heterocycles. The van der Waals surface area contributed by atoms with Gasteiger partial charge in [-0.1, -0.05) is 13.3 Å². The lowest BCUT2D eigenvalue weighted by atomic mass is 9.96. The Hall–Kier alpha value is -0.0400. The molecule has 1 aliphatic rings. The van der Waals surface area contributed by atoms with Crippen LogP contribution in [0, 0.1) is 5.92 Å². The molecule has 0 aromatic carbocycles. The van der Waals surface area contributed by atoms with Crippen LogP contribution in [0.15, 0.2) is 0 Å². The average molecular weight is 112 g/mol. The Morgan fingerprint density at radius 3 is 2.38 bits per heavy atom. The molecule has 0 atom stereocenters. The monoisotopic (exact) mass is 112 g/mol. The van der Waals surface area contributed by atoms with Crippen LogP contribution in [0.1, 0.15) is 26.2 Å². The standard InChI is InChI=1S/C7H14N/c1-2-7-3-5-8-6-4-7/h7H,2-6H2,1H3. The van der Waals surface area contributed by atoms with Crippen LogP contribution in [-0.2, 0) is 0 Å². The second-order valence-corrected chi connectivity index (χ2v) is 2.52. The van der Waals surface area contributed by atoms with Crippen molar-refractivity contribution in [1.29, 1.82) is 0 Å². The van der Waals surface area contributed by atoms with E-state index < -0.39 is 0 Å². The van der Waals surface area contributed by atoms with Crippen molar-refractivity contribution in [2.45, 2.75) is 26.2 Å². The van der Waals surface area contributed by atoms with E-state index in [-0.39, 0.29) is 0 Å². The summed E-state index contributed by atoms with van der Waals surface area (Å²) in [7, 11) is 0. The zero-order chi connectivity index (χ0) is 5.82. The van der Waals surface area contributed by atoms with Crippen molar-refractivity contribution in [3.63, 3.8) is 0 Å². The Bertz CT molecular complexity index is 55.4. The molecule has 0 aromatic heterocycles. The Morgan fingerprint density at radius 2 is 2.00 bits per heavy atom. The molecule has 0 spiro atoms. The Morgan fingerprint density at radius 1 is 1.38 bits per heavy atom. The maximum absolute atomic E-state index is 4.28. The molecule has 0 aromatic rings. The van der Waals surface area contributed by atoms with Crippen molar-refractivity contribution in [2.24, 2.45) is 5.92 Å². The molecule has 1 aliphatic heterocycles. The Labute approximate surface area is 51.5 Å². The van der Waals surface area contributed by atoms with Crippen molar-refractivity contribution >= 4 is 0 Å². The fourth-order valence-electron chi connectivity index (χ4n) is 1.21. The van der Waals surface area contributed by atoms with Crippen LogP contribution in [0.4, 0.5) is 0 Å². The maximum Gasteiger partial charge on any atom is 0.0136 e. The van der Waals surface area contributed by atoms with Gasteiger partial charge in [-0.2, -0.15) is 0 Å². The third kappa shape index (κ3) is 1.48. The number of nitrogens with zero attached hydrogens (tertiary/aromatic N) is 1. The van der Waals surface area contributed by atoms with Gasteiger partial charge in [-0.15, -0.1) is 0 Å². The van der Waals surface area contributed by atoms with E-state index in [0.717, 1.165) is 19.0 Å². The minimum atomic E-state index is 0.993. The summed E-state index contributed by atoms with van der Waals surface area (Å²) in [6.45, 7) is 4.52. The quantitative estimate of drug-likeness (QED) is 0.487. The fourth-order valence-corrected chi connectivity index (χ4v) is 1.21. The van der Waals surface area contributed by atoms with Crippen molar-refractivity contribution in [1.82, 2.24) is 5.32 Å². The number of hydrogen-bond acceptors (Lipinski definition) is 0. The first-order chi connectivity index (χ1) is 3.93. The smallest absolute Gasteiger partial charge is 0.0136 e. The summed E-state index contributed by atoms with van der Waals surface area (Å²) >= 11 is 0. The van der Waals surface area contributed by atoms with E-state index >= 15 is 0 Å². The van der Waals surface area contributed by atoms with E-state index in [2.05, 4.69) is 12.2 Å². The van der Waals surface area contributed by atoms with Crippen LogP contribution in [0.3, 0.4) is 0 Å². The van der Waals surface area contributed by atoms with Crippen molar-refractivity contribution in [3.05, 3.63) is 0 Å². The lowest BCUT2D eigenvalue weighted by Gasteiger charge is -2.18. The Kier molecular flexibility index (Phi) is 2.34. The van der Waals surface area contributed by atoms with Crippen LogP contribution < -0.4 is 5.32 Å². The highest BCUT2D eigenvalue weighted by molar-refractivity contribution is 4.65. The van der Waals surface area contributed by atoms with Gasteiger partial charge < -0.3 is 0 Å². The highest BCUT2D eigenvalue weighted by atomic mass is 14.9. The molecule has 8 heavy (non-hydrogen) atoms. The number of piperidine rings is 1. The third-order valence-electron chi connectivity index (χ3n) is 1.97. The van der Waals surface area contributed by atoms with Gasteiger partial charge in [0.1, 0.15) is 0 Å². The van der Waals surface area contributed by atoms with Gasteiger partial charge in [0.15, 0.2) is 0 Å². The van der Waals surface area contributed by atoms with Gasteiger partial charge in [-0.25, -0.2) is 5.32 Å². The van der Waals surface area contributed by atoms with Crippen LogP contribution in [0.25, 0.3) is 0 Å². The van der Waals surface area contributed by atoms with Gasteiger partial charge in [-0.3, -0.25) is 0 Å². The molecule has 0 N–H and O–H groups in total. The molecule has 1 saturated heterocycles. The largest absolute Gasteiger partial charge is 0.242 e. The van der Waals surface area contributed by atoms with E-state index in [9.17, 15) is 0 Å². The second-order valence-electron chi connectivity index (χ2n) is 2.52. The lowest BCUT2D eigenvalue weighted by Crippen LogP contribution is -2.21. The lowest BCUT2D eigenvalue weighted by molar-refractivity contribution is 0.361. The van der Waals surface area contributed by atoms with Gasteiger partial charge in [0.25, 0.3) is 0 Å². The molecule has 47 valence electrons.